The molecule has 0 amide bonds. The number of thiazole rings is 1. The van der Waals surface area contributed by atoms with Crippen LogP contribution in [0.15, 0.2) is 45.8 Å². The molecule has 0 aliphatic heterocycles. The molecular weight excluding hydrogens is 278 g/mol. The Morgan fingerprint density at radius 3 is 2.84 bits per heavy atom. The summed E-state index contributed by atoms with van der Waals surface area (Å²) in [5.41, 5.74) is 0.581. The summed E-state index contributed by atoms with van der Waals surface area (Å²) in [5, 5.41) is 11.9. The van der Waals surface area contributed by atoms with Crippen molar-refractivity contribution in [3.63, 3.8) is 0 Å². The Balaban J connectivity index is 1.96. The molecule has 4 nitrogen and oxygen atoms in total. The van der Waals surface area contributed by atoms with E-state index in [9.17, 15) is 5.26 Å². The lowest BCUT2D eigenvalue weighted by atomic mass is 10.3. The van der Waals surface area contributed by atoms with Crippen molar-refractivity contribution < 1.29 is 4.74 Å². The molecule has 6 heteroatoms. The molecule has 0 saturated carbocycles. The summed E-state index contributed by atoms with van der Waals surface area (Å²) in [6, 6.07) is 9.91. The largest absolute Gasteiger partial charge is 0.497 e. The fourth-order valence-corrected chi connectivity index (χ4v) is 3.33. The van der Waals surface area contributed by atoms with Crippen LogP contribution in [-0.2, 0) is 0 Å². The van der Waals surface area contributed by atoms with Gasteiger partial charge in [-0.2, -0.15) is 5.26 Å². The van der Waals surface area contributed by atoms with Gasteiger partial charge in [0.1, 0.15) is 16.8 Å². The van der Waals surface area contributed by atoms with Crippen molar-refractivity contribution in [3.8, 4) is 11.8 Å². The minimum absolute atomic E-state index is 0.581. The van der Waals surface area contributed by atoms with E-state index in [0.717, 1.165) is 20.6 Å². The molecule has 94 valence electrons. The van der Waals surface area contributed by atoms with Crippen molar-refractivity contribution in [2.45, 2.75) is 9.92 Å². The normalized spacial score (nSPS) is 10.5. The number of nitriles is 1. The van der Waals surface area contributed by atoms with Gasteiger partial charge in [0.2, 0.25) is 0 Å². The number of ether oxygens (including phenoxy) is 1. The molecule has 2 aromatic heterocycles. The van der Waals surface area contributed by atoms with Crippen molar-refractivity contribution in [2.75, 3.05) is 7.11 Å². The number of hydrogen-bond donors (Lipinski definition) is 0. The van der Waals surface area contributed by atoms with Gasteiger partial charge in [-0.25, -0.2) is 4.98 Å². The first kappa shape index (κ1) is 12.1. The number of aromatic nitrogens is 2. The Bertz CT molecular complexity index is 752. The summed E-state index contributed by atoms with van der Waals surface area (Å²) in [5.74, 6) is 0.815. The number of rotatable bonds is 3. The van der Waals surface area contributed by atoms with E-state index < -0.39 is 0 Å². The van der Waals surface area contributed by atoms with Crippen LogP contribution in [0.5, 0.6) is 5.75 Å². The summed E-state index contributed by atoms with van der Waals surface area (Å²) in [6.07, 6.45) is 1.86. The first-order valence-electron chi connectivity index (χ1n) is 5.49. The highest BCUT2D eigenvalue weighted by Gasteiger charge is 2.13. The number of benzene rings is 1. The molecule has 3 rings (SSSR count). The minimum atomic E-state index is 0.581. The summed E-state index contributed by atoms with van der Waals surface area (Å²) in [4.78, 5) is 6.34. The van der Waals surface area contributed by atoms with Crippen molar-refractivity contribution in [1.29, 1.82) is 5.26 Å². The maximum atomic E-state index is 9.24. The first-order valence-corrected chi connectivity index (χ1v) is 7.19. The van der Waals surface area contributed by atoms with Gasteiger partial charge in [0.15, 0.2) is 10.7 Å². The molecule has 0 saturated heterocycles. The van der Waals surface area contributed by atoms with Gasteiger partial charge >= 0.3 is 0 Å². The SMILES string of the molecule is COc1ccc(Sc2nc3sccn3c2C#N)cc1. The van der Waals surface area contributed by atoms with E-state index >= 15 is 0 Å². The number of methoxy groups -OCH3 is 1. The van der Waals surface area contributed by atoms with E-state index in [1.165, 1.54) is 23.1 Å². The topological polar surface area (TPSA) is 50.3 Å². The number of imidazole rings is 1. The van der Waals surface area contributed by atoms with Crippen molar-refractivity contribution in [3.05, 3.63) is 41.5 Å². The Kier molecular flexibility index (Phi) is 3.15. The van der Waals surface area contributed by atoms with Crippen LogP contribution in [-0.4, -0.2) is 16.5 Å². The molecule has 0 N–H and O–H groups in total. The number of fused-ring (bicyclic) bond motifs is 1. The molecular formula is C13H9N3OS2. The molecule has 0 bridgehead atoms. The van der Waals surface area contributed by atoms with Gasteiger partial charge < -0.3 is 4.74 Å². The summed E-state index contributed by atoms with van der Waals surface area (Å²) >= 11 is 3.01. The second-order valence-corrected chi connectivity index (χ2v) is 5.65. The van der Waals surface area contributed by atoms with E-state index in [4.69, 9.17) is 4.74 Å². The number of nitrogens with zero attached hydrogens (tertiary/aromatic N) is 3. The van der Waals surface area contributed by atoms with Crippen LogP contribution < -0.4 is 4.74 Å². The van der Waals surface area contributed by atoms with E-state index in [2.05, 4.69) is 11.1 Å². The molecule has 0 unspecified atom stereocenters. The molecule has 0 atom stereocenters. The van der Waals surface area contributed by atoms with Gasteiger partial charge in [-0.05, 0) is 24.3 Å². The summed E-state index contributed by atoms with van der Waals surface area (Å²) in [6.45, 7) is 0. The molecule has 0 spiro atoms. The van der Waals surface area contributed by atoms with Gasteiger partial charge in [0.05, 0.1) is 7.11 Å². The Morgan fingerprint density at radius 1 is 1.37 bits per heavy atom. The van der Waals surface area contributed by atoms with Gasteiger partial charge in [0, 0.05) is 16.5 Å². The van der Waals surface area contributed by atoms with Crippen molar-refractivity contribution in [1.82, 2.24) is 9.38 Å². The smallest absolute Gasteiger partial charge is 0.195 e. The Hall–Kier alpha value is -1.97. The van der Waals surface area contributed by atoms with Crippen LogP contribution in [0.3, 0.4) is 0 Å². The maximum Gasteiger partial charge on any atom is 0.195 e. The van der Waals surface area contributed by atoms with Crippen molar-refractivity contribution in [2.24, 2.45) is 0 Å². The molecule has 0 radical (unpaired) electrons. The zero-order valence-electron chi connectivity index (χ0n) is 10.0. The standard InChI is InChI=1S/C13H9N3OS2/c1-17-9-2-4-10(5-3-9)19-12-11(8-14)16-6-7-18-13(16)15-12/h2-7H,1H3. The van der Waals surface area contributed by atoms with E-state index in [1.54, 1.807) is 7.11 Å². The quantitative estimate of drug-likeness (QED) is 0.740. The molecule has 2 heterocycles. The molecule has 0 fully saturated rings. The fraction of sp³-hybridized carbons (Fsp3) is 0.0769. The lowest BCUT2D eigenvalue weighted by Gasteiger charge is -2.01. The first-order chi connectivity index (χ1) is 9.31. The Morgan fingerprint density at radius 2 is 2.16 bits per heavy atom. The average Bonchev–Trinajstić information content (AvgIpc) is 3.00. The summed E-state index contributed by atoms with van der Waals surface area (Å²) in [7, 11) is 1.64. The van der Waals surface area contributed by atoms with Crippen LogP contribution >= 0.6 is 23.1 Å². The molecule has 19 heavy (non-hydrogen) atoms. The lowest BCUT2D eigenvalue weighted by Crippen LogP contribution is -1.84. The maximum absolute atomic E-state index is 9.24. The molecule has 0 aliphatic carbocycles. The molecule has 3 aromatic rings. The van der Waals surface area contributed by atoms with E-state index in [0.29, 0.717) is 5.69 Å². The van der Waals surface area contributed by atoms with E-state index in [-0.39, 0.29) is 0 Å². The highest BCUT2D eigenvalue weighted by Crippen LogP contribution is 2.32. The van der Waals surface area contributed by atoms with Crippen LogP contribution in [0, 0.1) is 11.3 Å². The Labute approximate surface area is 118 Å². The molecule has 0 aliphatic rings. The third-order valence-corrected chi connectivity index (χ3v) is 4.35. The lowest BCUT2D eigenvalue weighted by molar-refractivity contribution is 0.414. The third-order valence-electron chi connectivity index (χ3n) is 2.61. The van der Waals surface area contributed by atoms with Gasteiger partial charge in [-0.1, -0.05) is 11.8 Å². The number of hydrogen-bond acceptors (Lipinski definition) is 5. The van der Waals surface area contributed by atoms with Crippen LogP contribution in [0.25, 0.3) is 4.96 Å². The summed E-state index contributed by atoms with van der Waals surface area (Å²) < 4.78 is 6.94. The second-order valence-electron chi connectivity index (χ2n) is 3.71. The van der Waals surface area contributed by atoms with Gasteiger partial charge in [-0.15, -0.1) is 11.3 Å². The van der Waals surface area contributed by atoms with E-state index in [1.807, 2.05) is 40.2 Å². The van der Waals surface area contributed by atoms with Gasteiger partial charge in [-0.3, -0.25) is 4.40 Å². The highest BCUT2D eigenvalue weighted by molar-refractivity contribution is 7.99. The predicted octanol–water partition coefficient (Wildman–Crippen LogP) is 3.43. The van der Waals surface area contributed by atoms with Crippen LogP contribution in [0.2, 0.25) is 0 Å². The minimum Gasteiger partial charge on any atom is -0.497 e. The monoisotopic (exact) mass is 287 g/mol. The van der Waals surface area contributed by atoms with Crippen LogP contribution in [0.1, 0.15) is 5.69 Å². The zero-order chi connectivity index (χ0) is 13.2. The average molecular weight is 287 g/mol. The second kappa shape index (κ2) is 4.96. The fourth-order valence-electron chi connectivity index (χ4n) is 1.69. The van der Waals surface area contributed by atoms with Crippen LogP contribution in [0.4, 0.5) is 0 Å². The zero-order valence-corrected chi connectivity index (χ0v) is 11.7. The van der Waals surface area contributed by atoms with Crippen molar-refractivity contribution >= 4 is 28.1 Å². The molecule has 1 aromatic carbocycles. The van der Waals surface area contributed by atoms with Gasteiger partial charge in [0.25, 0.3) is 0 Å². The third kappa shape index (κ3) is 2.18. The highest BCUT2D eigenvalue weighted by atomic mass is 32.2. The predicted molar refractivity (Wildman–Crippen MR) is 74.9 cm³/mol.